The van der Waals surface area contributed by atoms with Crippen LogP contribution in [0.5, 0.6) is 0 Å². The maximum atomic E-state index is 15.5. The summed E-state index contributed by atoms with van der Waals surface area (Å²) in [5.41, 5.74) is -1.03. The largest absolute Gasteiger partial charge is 0.416 e. The number of hydrogen-bond donors (Lipinski definition) is 2. The first-order valence-corrected chi connectivity index (χ1v) is 12.4. The molecule has 9 heteroatoms. The first-order valence-electron chi connectivity index (χ1n) is 12.4. The summed E-state index contributed by atoms with van der Waals surface area (Å²) in [6, 6.07) is 18.0. The van der Waals surface area contributed by atoms with E-state index in [2.05, 4.69) is 5.32 Å². The van der Waals surface area contributed by atoms with E-state index in [4.69, 9.17) is 0 Å². The van der Waals surface area contributed by atoms with Crippen molar-refractivity contribution in [1.82, 2.24) is 10.2 Å². The number of carbonyl (C=O) groups excluding carboxylic acids is 1. The van der Waals surface area contributed by atoms with E-state index in [0.717, 1.165) is 17.7 Å². The summed E-state index contributed by atoms with van der Waals surface area (Å²) in [6.07, 6.45) is -6.13. The molecule has 4 rings (SSSR count). The van der Waals surface area contributed by atoms with Crippen molar-refractivity contribution in [3.05, 3.63) is 107 Å². The number of ketones is 1. The van der Waals surface area contributed by atoms with Crippen molar-refractivity contribution in [3.8, 4) is 0 Å². The minimum Gasteiger partial charge on any atom is -0.385 e. The number of carbonyl (C=O) groups is 1. The molecule has 0 bridgehead atoms. The predicted molar refractivity (Wildman–Crippen MR) is 133 cm³/mol. The first-order chi connectivity index (χ1) is 18.0. The molecule has 1 aliphatic rings. The highest BCUT2D eigenvalue weighted by atomic mass is 19.4. The molecule has 1 fully saturated rings. The maximum Gasteiger partial charge on any atom is 0.416 e. The monoisotopic (exact) mass is 532 g/mol. The van der Waals surface area contributed by atoms with Crippen molar-refractivity contribution in [3.63, 3.8) is 0 Å². The van der Waals surface area contributed by atoms with Gasteiger partial charge in [0.2, 0.25) is 0 Å². The number of nitrogens with one attached hydrogen (secondary N) is 1. The van der Waals surface area contributed by atoms with Crippen LogP contribution in [0.25, 0.3) is 0 Å². The van der Waals surface area contributed by atoms with E-state index >= 15 is 4.39 Å². The van der Waals surface area contributed by atoms with Crippen molar-refractivity contribution in [2.75, 3.05) is 13.1 Å². The molecular weight excluding hydrogens is 503 g/mol. The smallest absolute Gasteiger partial charge is 0.385 e. The summed E-state index contributed by atoms with van der Waals surface area (Å²) in [5, 5.41) is 14.2. The second-order valence-corrected chi connectivity index (χ2v) is 9.61. The molecule has 0 radical (unpaired) electrons. The lowest BCUT2D eigenvalue weighted by atomic mass is 9.83. The van der Waals surface area contributed by atoms with Gasteiger partial charge in [-0.3, -0.25) is 9.69 Å². The Hall–Kier alpha value is -3.14. The average molecular weight is 533 g/mol. The minimum absolute atomic E-state index is 0.0506. The van der Waals surface area contributed by atoms with E-state index in [1.807, 2.05) is 0 Å². The number of benzene rings is 3. The van der Waals surface area contributed by atoms with Crippen LogP contribution in [0.4, 0.5) is 22.0 Å². The Morgan fingerprint density at radius 1 is 0.974 bits per heavy atom. The topological polar surface area (TPSA) is 52.6 Å². The van der Waals surface area contributed by atoms with Gasteiger partial charge in [-0.2, -0.15) is 13.2 Å². The van der Waals surface area contributed by atoms with Crippen LogP contribution in [0.1, 0.15) is 46.3 Å². The van der Waals surface area contributed by atoms with Crippen molar-refractivity contribution < 1.29 is 31.9 Å². The summed E-state index contributed by atoms with van der Waals surface area (Å²) in [7, 11) is 0. The zero-order valence-corrected chi connectivity index (χ0v) is 20.6. The van der Waals surface area contributed by atoms with Gasteiger partial charge >= 0.3 is 6.18 Å². The number of piperidine rings is 1. The first kappa shape index (κ1) is 27.9. The fraction of sp³-hybridized carbons (Fsp3) is 0.345. The molecule has 0 spiro atoms. The SMILES string of the molecule is O=C(c1ccccc1)C(CC(F)N1CCC(O)(c2cccc(C(F)(F)F)c2)CC1)NCc1ccc(F)cc1. The highest BCUT2D eigenvalue weighted by molar-refractivity contribution is 6.00. The van der Waals surface area contributed by atoms with Gasteiger partial charge in [-0.1, -0.05) is 54.6 Å². The molecule has 4 nitrogen and oxygen atoms in total. The van der Waals surface area contributed by atoms with Gasteiger partial charge < -0.3 is 10.4 Å². The Morgan fingerprint density at radius 2 is 1.63 bits per heavy atom. The van der Waals surface area contributed by atoms with Gasteiger partial charge in [-0.25, -0.2) is 8.78 Å². The standard InChI is InChI=1S/C29H29F5N2O2/c30-24-11-9-20(10-12-24)19-35-25(27(37)21-5-2-1-3-6-21)18-26(31)36-15-13-28(38,14-16-36)22-7-4-8-23(17-22)29(32,33)34/h1-12,17,25-26,35,38H,13-16,18-19H2. The van der Waals surface area contributed by atoms with Crippen molar-refractivity contribution in [2.24, 2.45) is 0 Å². The lowest BCUT2D eigenvalue weighted by molar-refractivity contribution is -0.137. The van der Waals surface area contributed by atoms with Gasteiger partial charge in [0.15, 0.2) is 12.1 Å². The minimum atomic E-state index is -4.53. The molecule has 202 valence electrons. The molecule has 1 aliphatic heterocycles. The molecule has 1 heterocycles. The third kappa shape index (κ3) is 6.83. The normalized spacial score (nSPS) is 17.6. The van der Waals surface area contributed by atoms with Gasteiger partial charge in [0.05, 0.1) is 17.2 Å². The molecular formula is C29H29F5N2O2. The van der Waals surface area contributed by atoms with E-state index in [-0.39, 0.29) is 56.1 Å². The van der Waals surface area contributed by atoms with Crippen molar-refractivity contribution >= 4 is 5.78 Å². The van der Waals surface area contributed by atoms with E-state index in [9.17, 15) is 27.5 Å². The number of nitrogens with zero attached hydrogens (tertiary/aromatic N) is 1. The van der Waals surface area contributed by atoms with Gasteiger partial charge in [0.1, 0.15) is 5.82 Å². The molecule has 0 aromatic heterocycles. The fourth-order valence-corrected chi connectivity index (χ4v) is 4.72. The summed E-state index contributed by atoms with van der Waals surface area (Å²) < 4.78 is 68.2. The Bertz CT molecular complexity index is 1210. The van der Waals surface area contributed by atoms with Crippen LogP contribution in [0, 0.1) is 5.82 Å². The summed E-state index contributed by atoms with van der Waals surface area (Å²) in [5.74, 6) is -0.669. The van der Waals surface area contributed by atoms with Crippen LogP contribution in [0.15, 0.2) is 78.9 Å². The number of aliphatic hydroxyl groups is 1. The molecule has 3 aromatic rings. The molecule has 2 atom stereocenters. The Balaban J connectivity index is 1.42. The van der Waals surface area contributed by atoms with Crippen LogP contribution < -0.4 is 5.32 Å². The van der Waals surface area contributed by atoms with Crippen LogP contribution in [-0.2, 0) is 18.3 Å². The zero-order valence-electron chi connectivity index (χ0n) is 20.6. The summed E-state index contributed by atoms with van der Waals surface area (Å²) in [6.45, 7) is 0.446. The third-order valence-electron chi connectivity index (χ3n) is 7.02. The fourth-order valence-electron chi connectivity index (χ4n) is 4.72. The zero-order chi connectivity index (χ0) is 27.3. The third-order valence-corrected chi connectivity index (χ3v) is 7.02. The predicted octanol–water partition coefficient (Wildman–Crippen LogP) is 5.85. The number of likely N-dealkylation sites (tertiary alicyclic amines) is 1. The molecule has 38 heavy (non-hydrogen) atoms. The molecule has 0 aliphatic carbocycles. The van der Waals surface area contributed by atoms with Crippen molar-refractivity contribution in [1.29, 1.82) is 0 Å². The Labute approximate surface area is 218 Å². The number of rotatable bonds is 9. The lowest BCUT2D eigenvalue weighted by Gasteiger charge is -2.40. The Morgan fingerprint density at radius 3 is 2.26 bits per heavy atom. The van der Waals surface area contributed by atoms with Gasteiger partial charge in [-0.15, -0.1) is 0 Å². The van der Waals surface area contributed by atoms with Gasteiger partial charge in [-0.05, 0) is 48.2 Å². The second-order valence-electron chi connectivity index (χ2n) is 9.61. The molecule has 0 saturated carbocycles. The summed E-state index contributed by atoms with van der Waals surface area (Å²) >= 11 is 0. The maximum absolute atomic E-state index is 15.5. The van der Waals surface area contributed by atoms with E-state index < -0.39 is 29.7 Å². The average Bonchev–Trinajstić information content (AvgIpc) is 2.92. The molecule has 2 N–H and O–H groups in total. The number of hydrogen-bond acceptors (Lipinski definition) is 4. The highest BCUT2D eigenvalue weighted by Gasteiger charge is 2.39. The number of Topliss-reactive ketones (excluding diaryl/α,β-unsaturated/α-hetero) is 1. The summed E-state index contributed by atoms with van der Waals surface area (Å²) in [4.78, 5) is 14.7. The van der Waals surface area contributed by atoms with E-state index in [1.165, 1.54) is 29.2 Å². The van der Waals surface area contributed by atoms with E-state index in [1.54, 1.807) is 42.5 Å². The molecule has 0 amide bonds. The lowest BCUT2D eigenvalue weighted by Crippen LogP contribution is -2.48. The van der Waals surface area contributed by atoms with Crippen LogP contribution in [-0.4, -0.2) is 41.2 Å². The van der Waals surface area contributed by atoms with Gasteiger partial charge in [0.25, 0.3) is 0 Å². The molecule has 2 unspecified atom stereocenters. The van der Waals surface area contributed by atoms with Gasteiger partial charge in [0, 0.05) is 31.6 Å². The number of alkyl halides is 4. The molecule has 1 saturated heterocycles. The van der Waals surface area contributed by atoms with Crippen molar-refractivity contribution in [2.45, 2.75) is 49.9 Å². The Kier molecular flexibility index (Phi) is 8.60. The quantitative estimate of drug-likeness (QED) is 0.206. The van der Waals surface area contributed by atoms with Crippen LogP contribution >= 0.6 is 0 Å². The van der Waals surface area contributed by atoms with Crippen LogP contribution in [0.2, 0.25) is 0 Å². The number of halogens is 5. The molecule has 3 aromatic carbocycles. The van der Waals surface area contributed by atoms with E-state index in [0.29, 0.717) is 5.56 Å². The second kappa shape index (κ2) is 11.7. The van der Waals surface area contributed by atoms with Crippen LogP contribution in [0.3, 0.4) is 0 Å². The highest BCUT2D eigenvalue weighted by Crippen LogP contribution is 2.37.